The lowest BCUT2D eigenvalue weighted by atomic mass is 9.97. The lowest BCUT2D eigenvalue weighted by Gasteiger charge is -2.30. The van der Waals surface area contributed by atoms with E-state index in [0.29, 0.717) is 12.0 Å². The number of anilines is 3. The van der Waals surface area contributed by atoms with Gasteiger partial charge in [0.25, 0.3) is 5.91 Å². The molecular formula is C22H25FN6O. The minimum absolute atomic E-state index is 0.153. The van der Waals surface area contributed by atoms with E-state index in [1.165, 1.54) is 18.3 Å². The molecule has 1 heterocycles. The van der Waals surface area contributed by atoms with Crippen LogP contribution in [0.1, 0.15) is 40.4 Å². The van der Waals surface area contributed by atoms with Gasteiger partial charge in [-0.05, 0) is 61.2 Å². The lowest BCUT2D eigenvalue weighted by Crippen LogP contribution is -2.44. The summed E-state index contributed by atoms with van der Waals surface area (Å²) in [5.41, 5.74) is 14.7. The van der Waals surface area contributed by atoms with E-state index >= 15 is 0 Å². The quantitative estimate of drug-likeness (QED) is 0.443. The fraction of sp³-hybridized carbons (Fsp3) is 0.227. The van der Waals surface area contributed by atoms with Crippen molar-refractivity contribution in [2.75, 3.05) is 10.6 Å². The zero-order valence-electron chi connectivity index (χ0n) is 17.2. The van der Waals surface area contributed by atoms with E-state index < -0.39 is 11.6 Å². The number of benzene rings is 2. The van der Waals surface area contributed by atoms with Crippen molar-refractivity contribution in [2.24, 2.45) is 11.5 Å². The molecule has 0 aliphatic rings. The van der Waals surface area contributed by atoms with Crippen LogP contribution < -0.4 is 22.1 Å². The van der Waals surface area contributed by atoms with E-state index in [0.717, 1.165) is 16.8 Å². The number of hydrogen-bond donors (Lipinski definition) is 4. The van der Waals surface area contributed by atoms with Crippen molar-refractivity contribution >= 4 is 23.4 Å². The van der Waals surface area contributed by atoms with E-state index in [9.17, 15) is 9.18 Å². The predicted octanol–water partition coefficient (Wildman–Crippen LogP) is 3.71. The first-order valence-electron chi connectivity index (χ1n) is 9.55. The largest absolute Gasteiger partial charge is 0.365 e. The lowest BCUT2D eigenvalue weighted by molar-refractivity contribution is 0.100. The van der Waals surface area contributed by atoms with Gasteiger partial charge < -0.3 is 22.1 Å². The Bertz CT molecular complexity index is 1050. The van der Waals surface area contributed by atoms with Crippen LogP contribution in [0.2, 0.25) is 0 Å². The molecule has 0 unspecified atom stereocenters. The minimum atomic E-state index is -1.03. The number of rotatable bonds is 7. The molecule has 3 aromatic rings. The van der Waals surface area contributed by atoms with E-state index in [1.807, 2.05) is 39.0 Å². The number of aromatic nitrogens is 2. The number of carbonyl (C=O) groups is 1. The molecule has 6 N–H and O–H groups in total. The fourth-order valence-corrected chi connectivity index (χ4v) is 3.21. The second-order valence-corrected chi connectivity index (χ2v) is 7.28. The molecule has 30 heavy (non-hydrogen) atoms. The van der Waals surface area contributed by atoms with Crippen molar-refractivity contribution in [1.82, 2.24) is 9.97 Å². The minimum Gasteiger partial charge on any atom is -0.365 e. The Morgan fingerprint density at radius 2 is 1.77 bits per heavy atom. The SMILES string of the molecule is CC[C@](N)(Nc1ncc(C(N)=O)c(Nc2cc(C)cc(C)c2)n1)c1ccc(F)cc1. The summed E-state index contributed by atoms with van der Waals surface area (Å²) in [5, 5.41) is 6.24. The van der Waals surface area contributed by atoms with Crippen LogP contribution in [0, 0.1) is 19.7 Å². The van der Waals surface area contributed by atoms with Gasteiger partial charge in [-0.2, -0.15) is 4.98 Å². The van der Waals surface area contributed by atoms with Gasteiger partial charge in [-0.1, -0.05) is 25.1 Å². The molecule has 0 saturated carbocycles. The van der Waals surface area contributed by atoms with Crippen molar-refractivity contribution in [3.63, 3.8) is 0 Å². The molecule has 2 aromatic carbocycles. The summed E-state index contributed by atoms with van der Waals surface area (Å²) in [4.78, 5) is 20.5. The van der Waals surface area contributed by atoms with Crippen LogP contribution in [0.3, 0.4) is 0 Å². The summed E-state index contributed by atoms with van der Waals surface area (Å²) in [6.07, 6.45) is 1.84. The second kappa shape index (κ2) is 8.46. The molecule has 7 nitrogen and oxygen atoms in total. The summed E-state index contributed by atoms with van der Waals surface area (Å²) in [7, 11) is 0. The highest BCUT2D eigenvalue weighted by Gasteiger charge is 2.27. The van der Waals surface area contributed by atoms with Crippen LogP contribution in [-0.4, -0.2) is 15.9 Å². The van der Waals surface area contributed by atoms with Gasteiger partial charge in [-0.3, -0.25) is 4.79 Å². The van der Waals surface area contributed by atoms with Crippen LogP contribution in [0.25, 0.3) is 0 Å². The van der Waals surface area contributed by atoms with Crippen molar-refractivity contribution in [2.45, 2.75) is 32.9 Å². The number of nitrogens with two attached hydrogens (primary N) is 2. The first-order valence-corrected chi connectivity index (χ1v) is 9.55. The van der Waals surface area contributed by atoms with Crippen molar-refractivity contribution in [3.8, 4) is 0 Å². The maximum atomic E-state index is 13.3. The Morgan fingerprint density at radius 1 is 1.13 bits per heavy atom. The maximum absolute atomic E-state index is 13.3. The molecule has 0 bridgehead atoms. The number of aryl methyl sites for hydroxylation is 2. The Kier molecular flexibility index (Phi) is 5.98. The number of halogens is 1. The van der Waals surface area contributed by atoms with Crippen LogP contribution >= 0.6 is 0 Å². The molecule has 1 amide bonds. The Hall–Kier alpha value is -3.52. The highest BCUT2D eigenvalue weighted by molar-refractivity contribution is 5.98. The van der Waals surface area contributed by atoms with Crippen molar-refractivity contribution in [1.29, 1.82) is 0 Å². The summed E-state index contributed by atoms with van der Waals surface area (Å²) in [5.74, 6) is -0.524. The molecular weight excluding hydrogens is 383 g/mol. The van der Waals surface area contributed by atoms with Gasteiger partial charge in [0.05, 0.1) is 0 Å². The first kappa shape index (κ1) is 21.2. The number of carbonyl (C=O) groups excluding carboxylic acids is 1. The molecule has 1 aromatic heterocycles. The van der Waals surface area contributed by atoms with Crippen LogP contribution in [0.15, 0.2) is 48.7 Å². The second-order valence-electron chi connectivity index (χ2n) is 7.28. The van der Waals surface area contributed by atoms with Gasteiger partial charge in [0.1, 0.15) is 22.9 Å². The number of nitrogens with zero attached hydrogens (tertiary/aromatic N) is 2. The number of amides is 1. The fourth-order valence-electron chi connectivity index (χ4n) is 3.21. The normalized spacial score (nSPS) is 12.8. The Balaban J connectivity index is 1.96. The summed E-state index contributed by atoms with van der Waals surface area (Å²) >= 11 is 0. The number of primary amides is 1. The van der Waals surface area contributed by atoms with Crippen LogP contribution in [0.4, 0.5) is 21.8 Å². The molecule has 1 atom stereocenters. The molecule has 0 aliphatic heterocycles. The summed E-state index contributed by atoms with van der Waals surface area (Å²) in [6, 6.07) is 11.8. The summed E-state index contributed by atoms with van der Waals surface area (Å²) < 4.78 is 13.3. The average molecular weight is 408 g/mol. The topological polar surface area (TPSA) is 119 Å². The standard InChI is InChI=1S/C22H25FN6O/c1-4-22(25,15-5-7-16(23)8-6-15)29-21-26-12-18(19(24)30)20(28-21)27-17-10-13(2)9-14(3)11-17/h5-12H,4,25H2,1-3H3,(H2,24,30)(H2,26,27,28,29)/t22-/m0/s1. The Labute approximate surface area is 174 Å². The third-order valence-corrected chi connectivity index (χ3v) is 4.79. The molecule has 0 fully saturated rings. The van der Waals surface area contributed by atoms with Gasteiger partial charge in [0, 0.05) is 11.9 Å². The van der Waals surface area contributed by atoms with Crippen molar-refractivity contribution in [3.05, 3.63) is 76.7 Å². The van der Waals surface area contributed by atoms with E-state index in [4.69, 9.17) is 11.5 Å². The molecule has 0 saturated heterocycles. The van der Waals surface area contributed by atoms with Crippen molar-refractivity contribution < 1.29 is 9.18 Å². The number of nitrogens with one attached hydrogen (secondary N) is 2. The average Bonchev–Trinajstić information content (AvgIpc) is 2.67. The Morgan fingerprint density at radius 3 is 2.33 bits per heavy atom. The van der Waals surface area contributed by atoms with Gasteiger partial charge in [0.2, 0.25) is 5.95 Å². The van der Waals surface area contributed by atoms with Gasteiger partial charge in [0.15, 0.2) is 0 Å². The highest BCUT2D eigenvalue weighted by Crippen LogP contribution is 2.26. The third kappa shape index (κ3) is 4.72. The van der Waals surface area contributed by atoms with E-state index in [1.54, 1.807) is 12.1 Å². The monoisotopic (exact) mass is 408 g/mol. The maximum Gasteiger partial charge on any atom is 0.254 e. The number of hydrogen-bond acceptors (Lipinski definition) is 6. The smallest absolute Gasteiger partial charge is 0.254 e. The molecule has 3 rings (SSSR count). The zero-order chi connectivity index (χ0) is 21.9. The van der Waals surface area contributed by atoms with E-state index in [-0.39, 0.29) is 23.1 Å². The first-order chi connectivity index (χ1) is 14.2. The molecule has 0 radical (unpaired) electrons. The van der Waals surface area contributed by atoms with E-state index in [2.05, 4.69) is 20.6 Å². The molecule has 8 heteroatoms. The highest BCUT2D eigenvalue weighted by atomic mass is 19.1. The summed E-state index contributed by atoms with van der Waals surface area (Å²) in [6.45, 7) is 5.85. The predicted molar refractivity (Wildman–Crippen MR) is 116 cm³/mol. The molecule has 156 valence electrons. The molecule has 0 spiro atoms. The van der Waals surface area contributed by atoms with Gasteiger partial charge >= 0.3 is 0 Å². The third-order valence-electron chi connectivity index (χ3n) is 4.79. The van der Waals surface area contributed by atoms with Gasteiger partial charge in [-0.15, -0.1) is 0 Å². The molecule has 0 aliphatic carbocycles. The van der Waals surface area contributed by atoms with Gasteiger partial charge in [-0.25, -0.2) is 9.37 Å². The van der Waals surface area contributed by atoms with Crippen LogP contribution in [0.5, 0.6) is 0 Å². The zero-order valence-corrected chi connectivity index (χ0v) is 17.2. The van der Waals surface area contributed by atoms with Crippen LogP contribution in [-0.2, 0) is 5.66 Å².